The molecule has 0 aliphatic rings. The van der Waals surface area contributed by atoms with Crippen LogP contribution < -0.4 is 0 Å². The lowest BCUT2D eigenvalue weighted by molar-refractivity contribution is -0.159. The van der Waals surface area contributed by atoms with Crippen molar-refractivity contribution in [2.45, 2.75) is 0 Å². The molecule has 7 nitrogen and oxygen atoms in total. The van der Waals surface area contributed by atoms with Crippen LogP contribution in [0.25, 0.3) is 0 Å². The summed E-state index contributed by atoms with van der Waals surface area (Å²) in [4.78, 5) is 17.4. The van der Waals surface area contributed by atoms with Gasteiger partial charge in [0.15, 0.2) is 0 Å². The highest BCUT2D eigenvalue weighted by Gasteiger charge is 2.25. The monoisotopic (exact) mass is 158 g/mol. The Bertz CT molecular complexity index is 149. The SMILES string of the molecule is O=C(O)OP(=O)(O)OO. The first kappa shape index (κ1) is 8.38. The Kier molecular flexibility index (Phi) is 2.60. The van der Waals surface area contributed by atoms with Gasteiger partial charge in [0.25, 0.3) is 0 Å². The molecule has 0 heterocycles. The molecular weight excluding hydrogens is 155 g/mol. The van der Waals surface area contributed by atoms with Gasteiger partial charge in [0.1, 0.15) is 0 Å². The van der Waals surface area contributed by atoms with E-state index in [1.54, 1.807) is 0 Å². The molecular formula is CH3O7P. The van der Waals surface area contributed by atoms with Crippen LogP contribution in [0, 0.1) is 0 Å². The van der Waals surface area contributed by atoms with Gasteiger partial charge in [-0.3, -0.25) is 4.89 Å². The zero-order valence-corrected chi connectivity index (χ0v) is 4.82. The summed E-state index contributed by atoms with van der Waals surface area (Å²) in [6, 6.07) is 0. The van der Waals surface area contributed by atoms with Crippen LogP contribution >= 0.6 is 7.82 Å². The second-order valence-electron chi connectivity index (χ2n) is 0.907. The molecule has 9 heavy (non-hydrogen) atoms. The maximum atomic E-state index is 9.87. The first-order valence-corrected chi connectivity index (χ1v) is 3.06. The highest BCUT2D eigenvalue weighted by atomic mass is 31.2. The standard InChI is InChI=1S/CH3O7P/c2-1(3)7-9(5,6)8-4/h4H,(H,2,3)(H,5,6). The lowest BCUT2D eigenvalue weighted by Crippen LogP contribution is -1.98. The van der Waals surface area contributed by atoms with E-state index in [1.807, 2.05) is 0 Å². The number of carbonyl (C=O) groups is 1. The Morgan fingerprint density at radius 1 is 1.56 bits per heavy atom. The predicted octanol–water partition coefficient (Wildman–Crippen LogP) is 0.271. The summed E-state index contributed by atoms with van der Waals surface area (Å²) in [7, 11) is -4.77. The number of hydrogen-bond donors (Lipinski definition) is 3. The molecule has 0 aromatic rings. The molecule has 0 radical (unpaired) electrons. The van der Waals surface area contributed by atoms with Crippen molar-refractivity contribution in [3.63, 3.8) is 0 Å². The van der Waals surface area contributed by atoms with E-state index in [2.05, 4.69) is 9.20 Å². The smallest absolute Gasteiger partial charge is 0.449 e. The Morgan fingerprint density at radius 3 is 2.11 bits per heavy atom. The molecule has 0 amide bonds. The Hall–Kier alpha value is -0.620. The minimum atomic E-state index is -4.77. The van der Waals surface area contributed by atoms with Gasteiger partial charge in [-0.2, -0.15) is 0 Å². The van der Waals surface area contributed by atoms with Crippen LogP contribution in [0.3, 0.4) is 0 Å². The summed E-state index contributed by atoms with van der Waals surface area (Å²) in [5.41, 5.74) is 0. The topological polar surface area (TPSA) is 113 Å². The van der Waals surface area contributed by atoms with E-state index in [4.69, 9.17) is 15.3 Å². The molecule has 1 atom stereocenters. The van der Waals surface area contributed by atoms with E-state index in [-0.39, 0.29) is 0 Å². The summed E-state index contributed by atoms with van der Waals surface area (Å²) >= 11 is 0. The molecule has 1 unspecified atom stereocenters. The fraction of sp³-hybridized carbons (Fsp3) is 0. The van der Waals surface area contributed by atoms with Crippen molar-refractivity contribution in [3.8, 4) is 0 Å². The third-order valence-electron chi connectivity index (χ3n) is 0.297. The van der Waals surface area contributed by atoms with Crippen LogP contribution in [0.5, 0.6) is 0 Å². The number of phosphoric ester groups is 1. The predicted molar refractivity (Wildman–Crippen MR) is 22.6 cm³/mol. The van der Waals surface area contributed by atoms with Crippen LogP contribution in [0.2, 0.25) is 0 Å². The number of hydrogen-bond acceptors (Lipinski definition) is 5. The molecule has 0 saturated heterocycles. The van der Waals surface area contributed by atoms with Gasteiger partial charge in [0.2, 0.25) is 0 Å². The van der Waals surface area contributed by atoms with Crippen LogP contribution in [-0.4, -0.2) is 21.4 Å². The summed E-state index contributed by atoms with van der Waals surface area (Å²) in [5, 5.41) is 15.1. The van der Waals surface area contributed by atoms with E-state index in [9.17, 15) is 9.36 Å². The summed E-state index contributed by atoms with van der Waals surface area (Å²) in [5.74, 6) is 0. The second-order valence-corrected chi connectivity index (χ2v) is 2.19. The van der Waals surface area contributed by atoms with E-state index >= 15 is 0 Å². The maximum Gasteiger partial charge on any atom is 0.559 e. The second kappa shape index (κ2) is 2.79. The normalized spacial score (nSPS) is 16.2. The molecule has 0 fully saturated rings. The van der Waals surface area contributed by atoms with Crippen molar-refractivity contribution in [1.29, 1.82) is 0 Å². The van der Waals surface area contributed by atoms with Gasteiger partial charge in [-0.15, -0.1) is 4.67 Å². The van der Waals surface area contributed by atoms with E-state index < -0.39 is 14.0 Å². The van der Waals surface area contributed by atoms with Crippen molar-refractivity contribution >= 4 is 14.0 Å². The fourth-order valence-electron chi connectivity index (χ4n) is 0.115. The molecule has 0 aliphatic carbocycles. The van der Waals surface area contributed by atoms with Gasteiger partial charge >= 0.3 is 14.0 Å². The van der Waals surface area contributed by atoms with Gasteiger partial charge in [-0.1, -0.05) is 0 Å². The van der Waals surface area contributed by atoms with E-state index in [0.717, 1.165) is 0 Å². The van der Waals surface area contributed by atoms with Gasteiger partial charge < -0.3 is 9.63 Å². The van der Waals surface area contributed by atoms with Gasteiger partial charge in [0, 0.05) is 0 Å². The lowest BCUT2D eigenvalue weighted by atomic mass is 11.5. The summed E-state index contributed by atoms with van der Waals surface area (Å²) in [6.45, 7) is 0. The highest BCUT2D eigenvalue weighted by Crippen LogP contribution is 2.41. The third kappa shape index (κ3) is 3.92. The van der Waals surface area contributed by atoms with Crippen LogP contribution in [0.15, 0.2) is 0 Å². The van der Waals surface area contributed by atoms with E-state index in [1.165, 1.54) is 0 Å². The maximum absolute atomic E-state index is 9.87. The van der Waals surface area contributed by atoms with Crippen molar-refractivity contribution < 1.29 is 33.8 Å². The van der Waals surface area contributed by atoms with Gasteiger partial charge in [-0.05, 0) is 0 Å². The van der Waals surface area contributed by atoms with Crippen LogP contribution in [0.4, 0.5) is 4.79 Å². The number of rotatable bonds is 2. The van der Waals surface area contributed by atoms with Gasteiger partial charge in [-0.25, -0.2) is 14.6 Å². The molecule has 0 spiro atoms. The first-order chi connectivity index (χ1) is 3.98. The minimum absolute atomic E-state index is 2.00. The average molecular weight is 158 g/mol. The Morgan fingerprint density at radius 2 is 2.00 bits per heavy atom. The zero-order chi connectivity index (χ0) is 7.49. The van der Waals surface area contributed by atoms with Crippen molar-refractivity contribution in [2.24, 2.45) is 0 Å². The average Bonchev–Trinajstić information content (AvgIpc) is 1.63. The summed E-state index contributed by atoms with van der Waals surface area (Å²) < 4.78 is 15.8. The summed E-state index contributed by atoms with van der Waals surface area (Å²) in [6.07, 6.45) is -2.00. The molecule has 0 bridgehead atoms. The molecule has 8 heteroatoms. The number of phosphoric acid groups is 1. The molecule has 0 aromatic heterocycles. The van der Waals surface area contributed by atoms with E-state index in [0.29, 0.717) is 0 Å². The van der Waals surface area contributed by atoms with Crippen LogP contribution in [0.1, 0.15) is 0 Å². The van der Waals surface area contributed by atoms with Crippen molar-refractivity contribution in [2.75, 3.05) is 0 Å². The molecule has 3 N–H and O–H groups in total. The largest absolute Gasteiger partial charge is 0.559 e. The molecule has 0 aliphatic heterocycles. The molecule has 0 rings (SSSR count). The number of carboxylic acid groups (broad SMARTS) is 1. The Balaban J connectivity index is 3.88. The Labute approximate surface area is 49.0 Å². The molecule has 0 saturated carbocycles. The highest BCUT2D eigenvalue weighted by molar-refractivity contribution is 7.47. The van der Waals surface area contributed by atoms with Crippen LogP contribution in [-0.2, 0) is 13.8 Å². The molecule has 54 valence electrons. The third-order valence-corrected chi connectivity index (χ3v) is 0.890. The van der Waals surface area contributed by atoms with Gasteiger partial charge in [0.05, 0.1) is 0 Å². The lowest BCUT2D eigenvalue weighted by Gasteiger charge is -2.01. The zero-order valence-electron chi connectivity index (χ0n) is 3.92. The molecule has 0 aromatic carbocycles. The van der Waals surface area contributed by atoms with Crippen molar-refractivity contribution in [1.82, 2.24) is 0 Å². The quantitative estimate of drug-likeness (QED) is 0.300. The first-order valence-electron chi connectivity index (χ1n) is 1.56. The van der Waals surface area contributed by atoms with Crippen molar-refractivity contribution in [3.05, 3.63) is 0 Å². The fourth-order valence-corrected chi connectivity index (χ4v) is 0.346. The minimum Gasteiger partial charge on any atom is -0.449 e.